The van der Waals surface area contributed by atoms with Crippen molar-refractivity contribution in [2.75, 3.05) is 20.9 Å². The molecule has 0 heterocycles. The van der Waals surface area contributed by atoms with Gasteiger partial charge in [0.2, 0.25) is 0 Å². The summed E-state index contributed by atoms with van der Waals surface area (Å²) in [5.74, 6) is 0. The molecule has 0 rings (SSSR count). The van der Waals surface area contributed by atoms with Crippen molar-refractivity contribution in [3.8, 4) is 0 Å². The van der Waals surface area contributed by atoms with Crippen molar-refractivity contribution in [3.63, 3.8) is 0 Å². The molecule has 1 atom stereocenters. The minimum atomic E-state index is -1.87. The lowest BCUT2D eigenvalue weighted by Gasteiger charge is -1.66. The van der Waals surface area contributed by atoms with Gasteiger partial charge in [0.25, 0.3) is 0 Å². The average Bonchev–Trinajstić information content (AvgIpc) is 1.85. The fraction of sp³-hybridized carbons (Fsp3) is 1.00. The Hall–Kier alpha value is 0.0800. The molecular weight excluding hydrogens is 178 g/mol. The molecule has 5 nitrogen and oxygen atoms in total. The van der Waals surface area contributed by atoms with E-state index in [-0.39, 0.29) is 0 Å². The van der Waals surface area contributed by atoms with Crippen molar-refractivity contribution in [2.45, 2.75) is 0 Å². The summed E-state index contributed by atoms with van der Waals surface area (Å²) in [6, 6.07) is 0. The van der Waals surface area contributed by atoms with E-state index >= 15 is 0 Å². The fourth-order valence-electron chi connectivity index (χ4n) is 0.0745. The molecule has 60 valence electrons. The summed E-state index contributed by atoms with van der Waals surface area (Å²) in [5.41, 5.74) is 0. The lowest BCUT2D eigenvalue weighted by Crippen LogP contribution is -1.66. The van der Waals surface area contributed by atoms with Gasteiger partial charge in [-0.15, -0.1) is 9.05 Å². The Morgan fingerprint density at radius 2 is 1.40 bits per heavy atom. The first-order valence-electron chi connectivity index (χ1n) is 2.19. The minimum Gasteiger partial charge on any atom is -0.161 e. The zero-order valence-electron chi connectivity index (χ0n) is 5.97. The van der Waals surface area contributed by atoms with Crippen LogP contribution in [0.5, 0.6) is 0 Å². The maximum Gasteiger partial charge on any atom is 0.696 e. The molecule has 10 heavy (non-hydrogen) atoms. The smallest absolute Gasteiger partial charge is 0.161 e. The maximum absolute atomic E-state index is 9.88. The van der Waals surface area contributed by atoms with Gasteiger partial charge in [-0.1, -0.05) is 0 Å². The molecule has 0 amide bonds. The van der Waals surface area contributed by atoms with Gasteiger partial charge in [-0.05, 0) is 4.57 Å². The average molecular weight is 188 g/mol. The lowest BCUT2D eigenvalue weighted by molar-refractivity contribution is 0.302. The Labute approximate surface area is 61.2 Å². The molecule has 0 aromatic carbocycles. The minimum absolute atomic E-state index is 1.23. The first kappa shape index (κ1) is 12.7. The summed E-state index contributed by atoms with van der Waals surface area (Å²) in [7, 11) is -1.05. The molecule has 0 spiro atoms. The normalized spacial score (nSPS) is 9.40. The van der Waals surface area contributed by atoms with Crippen molar-refractivity contribution in [1.82, 2.24) is 0 Å². The lowest BCUT2D eigenvalue weighted by atomic mass is 11.8. The Bertz CT molecular complexity index is 103. The second kappa shape index (κ2) is 9.08. The number of hydrogen-bond acceptors (Lipinski definition) is 4. The zero-order valence-corrected chi connectivity index (χ0v) is 7.76. The van der Waals surface area contributed by atoms with Crippen LogP contribution in [0.3, 0.4) is 0 Å². The summed E-state index contributed by atoms with van der Waals surface area (Å²) in [5, 5.41) is 0. The molecule has 7 heteroatoms. The molecule has 0 fully saturated rings. The maximum atomic E-state index is 9.88. The van der Waals surface area contributed by atoms with Crippen molar-refractivity contribution in [3.05, 3.63) is 0 Å². The number of hydrogen-bond donors (Lipinski definition) is 1. The van der Waals surface area contributed by atoms with Crippen LogP contribution in [0, 0.1) is 0 Å². The molecule has 0 bridgehead atoms. The van der Waals surface area contributed by atoms with Crippen LogP contribution in [0.1, 0.15) is 0 Å². The molecule has 1 unspecified atom stereocenters. The second-order valence-corrected chi connectivity index (χ2v) is 3.16. The standard InChI is InChI=1S/C2H6O3P.CH3O2P/c1-4-6(3)5-2;1-4(2)3/h1-2H3;1H3/q+1;/p+1. The van der Waals surface area contributed by atoms with Crippen LogP contribution in [-0.2, 0) is 18.2 Å². The molecule has 0 aliphatic heterocycles. The topological polar surface area (TPSA) is 72.8 Å². The van der Waals surface area contributed by atoms with E-state index in [4.69, 9.17) is 9.46 Å². The summed E-state index contributed by atoms with van der Waals surface area (Å²) >= 11 is 0. The highest BCUT2D eigenvalue weighted by atomic mass is 31.1. The summed E-state index contributed by atoms with van der Waals surface area (Å²) in [6.45, 7) is 1.23. The molecule has 0 aliphatic carbocycles. The molecule has 0 radical (unpaired) electrons. The predicted octanol–water partition coefficient (Wildman–Crippen LogP) is 1.29. The SMILES string of the molecule is CO[P+](=O)OC.C[P+](=O)O. The van der Waals surface area contributed by atoms with Gasteiger partial charge < -0.3 is 0 Å². The molecule has 0 aliphatic rings. The van der Waals surface area contributed by atoms with Crippen molar-refractivity contribution < 1.29 is 23.1 Å². The van der Waals surface area contributed by atoms with Crippen LogP contribution in [-0.4, -0.2) is 25.8 Å². The summed E-state index contributed by atoms with van der Waals surface area (Å²) in [4.78, 5) is 7.56. The Morgan fingerprint density at radius 1 is 1.20 bits per heavy atom. The first-order valence-corrected chi connectivity index (χ1v) is 4.95. The van der Waals surface area contributed by atoms with Crippen molar-refractivity contribution >= 4 is 16.3 Å². The first-order chi connectivity index (χ1) is 4.54. The largest absolute Gasteiger partial charge is 0.696 e. The van der Waals surface area contributed by atoms with E-state index in [0.29, 0.717) is 0 Å². The van der Waals surface area contributed by atoms with Crippen LogP contribution < -0.4 is 0 Å². The van der Waals surface area contributed by atoms with Gasteiger partial charge in [-0.3, -0.25) is 0 Å². The van der Waals surface area contributed by atoms with Crippen LogP contribution in [0.15, 0.2) is 0 Å². The highest BCUT2D eigenvalue weighted by molar-refractivity contribution is 7.36. The third-order valence-electron chi connectivity index (χ3n) is 0.298. The molecular formula is C3H10O5P2+2. The van der Waals surface area contributed by atoms with Crippen molar-refractivity contribution in [1.29, 1.82) is 0 Å². The van der Waals surface area contributed by atoms with Gasteiger partial charge in [0, 0.05) is 4.57 Å². The second-order valence-electron chi connectivity index (χ2n) is 1.05. The van der Waals surface area contributed by atoms with E-state index in [9.17, 15) is 4.57 Å². The van der Waals surface area contributed by atoms with Gasteiger partial charge in [0.1, 0.15) is 0 Å². The quantitative estimate of drug-likeness (QED) is 0.661. The van der Waals surface area contributed by atoms with E-state index in [1.807, 2.05) is 0 Å². The molecule has 0 saturated heterocycles. The third kappa shape index (κ3) is 24.3. The van der Waals surface area contributed by atoms with E-state index in [0.717, 1.165) is 0 Å². The Morgan fingerprint density at radius 3 is 1.40 bits per heavy atom. The Balaban J connectivity index is 0. The summed E-state index contributed by atoms with van der Waals surface area (Å²) in [6.07, 6.45) is 0. The number of rotatable bonds is 2. The predicted molar refractivity (Wildman–Crippen MR) is 37.4 cm³/mol. The van der Waals surface area contributed by atoms with Crippen LogP contribution in [0.2, 0.25) is 0 Å². The van der Waals surface area contributed by atoms with Gasteiger partial charge >= 0.3 is 16.3 Å². The van der Waals surface area contributed by atoms with Gasteiger partial charge in [0.15, 0.2) is 6.66 Å². The summed E-state index contributed by atoms with van der Waals surface area (Å²) < 4.78 is 27.4. The molecule has 1 N–H and O–H groups in total. The van der Waals surface area contributed by atoms with Gasteiger partial charge in [-0.2, -0.15) is 4.89 Å². The van der Waals surface area contributed by atoms with Crippen LogP contribution in [0.4, 0.5) is 0 Å². The van der Waals surface area contributed by atoms with Gasteiger partial charge in [0.05, 0.1) is 14.2 Å². The zero-order chi connectivity index (χ0) is 8.57. The molecule has 0 aromatic rings. The Kier molecular flexibility index (Phi) is 11.6. The highest BCUT2D eigenvalue weighted by Gasteiger charge is 2.10. The van der Waals surface area contributed by atoms with Crippen molar-refractivity contribution in [2.24, 2.45) is 0 Å². The fourth-order valence-corrected chi connectivity index (χ4v) is 0.224. The molecule has 0 saturated carbocycles. The van der Waals surface area contributed by atoms with E-state index < -0.39 is 16.3 Å². The van der Waals surface area contributed by atoms with E-state index in [1.165, 1.54) is 20.9 Å². The van der Waals surface area contributed by atoms with Crippen LogP contribution >= 0.6 is 16.3 Å². The monoisotopic (exact) mass is 188 g/mol. The van der Waals surface area contributed by atoms with Crippen LogP contribution in [0.25, 0.3) is 0 Å². The van der Waals surface area contributed by atoms with Gasteiger partial charge in [-0.25, -0.2) is 0 Å². The highest BCUT2D eigenvalue weighted by Crippen LogP contribution is 2.18. The van der Waals surface area contributed by atoms with E-state index in [1.54, 1.807) is 0 Å². The van der Waals surface area contributed by atoms with E-state index in [2.05, 4.69) is 9.05 Å². The third-order valence-corrected chi connectivity index (χ3v) is 0.894. The molecule has 0 aromatic heterocycles.